The van der Waals surface area contributed by atoms with Crippen LogP contribution in [0.2, 0.25) is 0 Å². The van der Waals surface area contributed by atoms with Crippen LogP contribution in [0.15, 0.2) is 18.2 Å². The molecule has 0 saturated carbocycles. The lowest BCUT2D eigenvalue weighted by atomic mass is 9.89. The molecule has 0 amide bonds. The molecule has 0 radical (unpaired) electrons. The van der Waals surface area contributed by atoms with Crippen molar-refractivity contribution in [2.45, 2.75) is 24.9 Å². The predicted molar refractivity (Wildman–Crippen MR) is 67.6 cm³/mol. The van der Waals surface area contributed by atoms with Crippen molar-refractivity contribution in [3.63, 3.8) is 0 Å². The van der Waals surface area contributed by atoms with Gasteiger partial charge in [0.05, 0.1) is 18.2 Å². The fraction of sp³-hybridized carbons (Fsp3) is 0.500. The molecule has 1 aromatic carbocycles. The molecule has 1 aromatic rings. The van der Waals surface area contributed by atoms with E-state index in [2.05, 4.69) is 10.1 Å². The summed E-state index contributed by atoms with van der Waals surface area (Å²) in [4.78, 5) is 11.5. The molecule has 3 nitrogen and oxygen atoms in total. The number of ether oxygens (including phenoxy) is 1. The monoisotopic (exact) mass is 287 g/mol. The van der Waals surface area contributed by atoms with Gasteiger partial charge in [-0.2, -0.15) is 13.2 Å². The van der Waals surface area contributed by atoms with Crippen LogP contribution in [-0.4, -0.2) is 26.2 Å². The summed E-state index contributed by atoms with van der Waals surface area (Å²) in [7, 11) is 1.16. The molecule has 1 saturated heterocycles. The summed E-state index contributed by atoms with van der Waals surface area (Å²) in [5, 5.41) is 3.16. The topological polar surface area (TPSA) is 38.3 Å². The molecular weight excluding hydrogens is 271 g/mol. The summed E-state index contributed by atoms with van der Waals surface area (Å²) in [5.74, 6) is -0.754. The fourth-order valence-corrected chi connectivity index (χ4v) is 2.42. The Kier molecular flexibility index (Phi) is 4.32. The minimum Gasteiger partial charge on any atom is -0.465 e. The molecule has 20 heavy (non-hydrogen) atoms. The highest BCUT2D eigenvalue weighted by Crippen LogP contribution is 2.34. The molecule has 110 valence electrons. The molecule has 1 aliphatic heterocycles. The van der Waals surface area contributed by atoms with E-state index in [1.165, 1.54) is 6.07 Å². The Bertz CT molecular complexity index is 494. The molecule has 0 aliphatic carbocycles. The van der Waals surface area contributed by atoms with Crippen LogP contribution < -0.4 is 5.32 Å². The maximum absolute atomic E-state index is 12.9. The van der Waals surface area contributed by atoms with Crippen molar-refractivity contribution in [2.24, 2.45) is 0 Å². The number of hydrogen-bond donors (Lipinski definition) is 1. The first-order valence-electron chi connectivity index (χ1n) is 6.43. The molecule has 2 rings (SSSR count). The van der Waals surface area contributed by atoms with Crippen molar-refractivity contribution in [3.8, 4) is 0 Å². The maximum atomic E-state index is 12.9. The second kappa shape index (κ2) is 5.83. The van der Waals surface area contributed by atoms with Gasteiger partial charge >= 0.3 is 12.1 Å². The van der Waals surface area contributed by atoms with Gasteiger partial charge in [0.15, 0.2) is 0 Å². The number of rotatable bonds is 2. The molecule has 1 atom stereocenters. The second-order valence-corrected chi connectivity index (χ2v) is 4.88. The van der Waals surface area contributed by atoms with Crippen molar-refractivity contribution in [1.82, 2.24) is 5.32 Å². The number of esters is 1. The lowest BCUT2D eigenvalue weighted by molar-refractivity contribution is -0.137. The Morgan fingerprint density at radius 3 is 2.65 bits per heavy atom. The number of alkyl halides is 3. The minimum absolute atomic E-state index is 0.00513. The third-order valence-corrected chi connectivity index (χ3v) is 3.47. The first kappa shape index (κ1) is 14.8. The Hall–Kier alpha value is -1.56. The van der Waals surface area contributed by atoms with Gasteiger partial charge in [0.1, 0.15) is 0 Å². The van der Waals surface area contributed by atoms with Gasteiger partial charge < -0.3 is 10.1 Å². The van der Waals surface area contributed by atoms with Crippen molar-refractivity contribution in [3.05, 3.63) is 34.9 Å². The zero-order chi connectivity index (χ0) is 14.8. The largest absolute Gasteiger partial charge is 0.465 e. The van der Waals surface area contributed by atoms with E-state index in [9.17, 15) is 18.0 Å². The Morgan fingerprint density at radius 2 is 2.10 bits per heavy atom. The van der Waals surface area contributed by atoms with E-state index in [1.807, 2.05) is 0 Å². The molecule has 1 fully saturated rings. The molecule has 1 heterocycles. The van der Waals surface area contributed by atoms with Crippen LogP contribution in [0.3, 0.4) is 0 Å². The smallest absolute Gasteiger partial charge is 0.416 e. The highest BCUT2D eigenvalue weighted by Gasteiger charge is 2.32. The fourth-order valence-electron chi connectivity index (χ4n) is 2.42. The van der Waals surface area contributed by atoms with E-state index in [0.717, 1.165) is 38.6 Å². The maximum Gasteiger partial charge on any atom is 0.416 e. The van der Waals surface area contributed by atoms with Gasteiger partial charge in [0, 0.05) is 6.54 Å². The average Bonchev–Trinajstić information content (AvgIpc) is 2.46. The number of nitrogens with one attached hydrogen (secondary N) is 1. The van der Waals surface area contributed by atoms with Gasteiger partial charge in [0.25, 0.3) is 0 Å². The number of piperidine rings is 1. The molecule has 1 unspecified atom stereocenters. The van der Waals surface area contributed by atoms with Gasteiger partial charge in [-0.05, 0) is 49.1 Å². The summed E-state index contributed by atoms with van der Waals surface area (Å²) < 4.78 is 43.3. The zero-order valence-electron chi connectivity index (χ0n) is 11.1. The molecule has 0 spiro atoms. The number of halogens is 3. The van der Waals surface area contributed by atoms with Crippen LogP contribution in [0.1, 0.15) is 40.2 Å². The van der Waals surface area contributed by atoms with E-state index in [0.29, 0.717) is 12.1 Å². The van der Waals surface area contributed by atoms with Gasteiger partial charge in [-0.15, -0.1) is 0 Å². The SMILES string of the molecule is COC(=O)c1cc(C2CCCNC2)cc(C(F)(F)F)c1. The molecular formula is C14H16F3NO2. The Labute approximate surface area is 115 Å². The Morgan fingerprint density at radius 1 is 1.35 bits per heavy atom. The van der Waals surface area contributed by atoms with Crippen LogP contribution in [0.25, 0.3) is 0 Å². The first-order chi connectivity index (χ1) is 9.41. The van der Waals surface area contributed by atoms with Crippen LogP contribution in [-0.2, 0) is 10.9 Å². The molecule has 6 heteroatoms. The third-order valence-electron chi connectivity index (χ3n) is 3.47. The lowest BCUT2D eigenvalue weighted by Gasteiger charge is -2.24. The summed E-state index contributed by atoms with van der Waals surface area (Å²) in [5.41, 5.74) is -0.323. The molecule has 0 bridgehead atoms. The van der Waals surface area contributed by atoms with E-state index in [1.54, 1.807) is 0 Å². The van der Waals surface area contributed by atoms with Crippen molar-refractivity contribution >= 4 is 5.97 Å². The molecule has 0 aromatic heterocycles. The van der Waals surface area contributed by atoms with E-state index in [-0.39, 0.29) is 11.5 Å². The van der Waals surface area contributed by atoms with Gasteiger partial charge in [-0.3, -0.25) is 0 Å². The van der Waals surface area contributed by atoms with E-state index >= 15 is 0 Å². The van der Waals surface area contributed by atoms with E-state index in [4.69, 9.17) is 0 Å². The summed E-state index contributed by atoms with van der Waals surface area (Å²) >= 11 is 0. The Balaban J connectivity index is 2.42. The van der Waals surface area contributed by atoms with E-state index < -0.39 is 17.7 Å². The quantitative estimate of drug-likeness (QED) is 0.850. The van der Waals surface area contributed by atoms with Crippen molar-refractivity contribution in [2.75, 3.05) is 20.2 Å². The zero-order valence-corrected chi connectivity index (χ0v) is 11.1. The third kappa shape index (κ3) is 3.30. The average molecular weight is 287 g/mol. The van der Waals surface area contributed by atoms with Crippen molar-refractivity contribution < 1.29 is 22.7 Å². The highest BCUT2D eigenvalue weighted by atomic mass is 19.4. The minimum atomic E-state index is -4.47. The molecule has 1 N–H and O–H groups in total. The summed E-state index contributed by atoms with van der Waals surface area (Å²) in [6.07, 6.45) is -2.75. The highest BCUT2D eigenvalue weighted by molar-refractivity contribution is 5.89. The van der Waals surface area contributed by atoms with Crippen LogP contribution >= 0.6 is 0 Å². The molecule has 1 aliphatic rings. The van der Waals surface area contributed by atoms with Crippen LogP contribution in [0.4, 0.5) is 13.2 Å². The number of carbonyl (C=O) groups is 1. The summed E-state index contributed by atoms with van der Waals surface area (Å²) in [6, 6.07) is 3.47. The van der Waals surface area contributed by atoms with Gasteiger partial charge in [-0.1, -0.05) is 0 Å². The predicted octanol–water partition coefficient (Wildman–Crippen LogP) is 2.96. The first-order valence-corrected chi connectivity index (χ1v) is 6.43. The number of benzene rings is 1. The number of carbonyl (C=O) groups excluding carboxylic acids is 1. The van der Waals surface area contributed by atoms with Crippen molar-refractivity contribution in [1.29, 1.82) is 0 Å². The number of hydrogen-bond acceptors (Lipinski definition) is 3. The standard InChI is InChI=1S/C14H16F3NO2/c1-20-13(19)11-5-10(9-3-2-4-18-8-9)6-12(7-11)14(15,16)17/h5-7,9,18H,2-4,8H2,1H3. The normalized spacial score (nSPS) is 19.7. The van der Waals surface area contributed by atoms with Crippen LogP contribution in [0.5, 0.6) is 0 Å². The van der Waals surface area contributed by atoms with Crippen LogP contribution in [0, 0.1) is 0 Å². The lowest BCUT2D eigenvalue weighted by Crippen LogP contribution is -2.28. The number of methoxy groups -OCH3 is 1. The van der Waals surface area contributed by atoms with Gasteiger partial charge in [-0.25, -0.2) is 4.79 Å². The van der Waals surface area contributed by atoms with Gasteiger partial charge in [0.2, 0.25) is 0 Å². The summed E-state index contributed by atoms with van der Waals surface area (Å²) in [6.45, 7) is 1.50. The second-order valence-electron chi connectivity index (χ2n) is 4.88.